The van der Waals surface area contributed by atoms with Crippen LogP contribution in [0.15, 0.2) is 18.2 Å². The molecule has 0 radical (unpaired) electrons. The number of rotatable bonds is 4. The Balaban J connectivity index is 1.98. The van der Waals surface area contributed by atoms with E-state index in [9.17, 15) is 0 Å². The lowest BCUT2D eigenvalue weighted by molar-refractivity contribution is 0.122. The van der Waals surface area contributed by atoms with E-state index in [-0.39, 0.29) is 5.41 Å². The average Bonchev–Trinajstić information content (AvgIpc) is 2.41. The SMILES string of the molecule is Clc1ccc(OCC2(CBr)CCCCC2)cc1Cl. The zero-order valence-corrected chi connectivity index (χ0v) is 13.3. The lowest BCUT2D eigenvalue weighted by Crippen LogP contribution is -2.32. The molecule has 0 N–H and O–H groups in total. The summed E-state index contributed by atoms with van der Waals surface area (Å²) in [4.78, 5) is 0. The van der Waals surface area contributed by atoms with Gasteiger partial charge in [-0.1, -0.05) is 58.4 Å². The first-order valence-corrected chi connectivity index (χ1v) is 8.17. The second-order valence-corrected chi connectivity index (χ2v) is 6.43. The normalized spacial score (nSPS) is 18.6. The average molecular weight is 352 g/mol. The van der Waals surface area contributed by atoms with E-state index in [1.165, 1.54) is 32.1 Å². The maximum absolute atomic E-state index is 5.98. The summed E-state index contributed by atoms with van der Waals surface area (Å²) in [7, 11) is 0. The minimum absolute atomic E-state index is 0.282. The summed E-state index contributed by atoms with van der Waals surface area (Å²) < 4.78 is 5.90. The van der Waals surface area contributed by atoms with E-state index >= 15 is 0 Å². The van der Waals surface area contributed by atoms with Crippen molar-refractivity contribution < 1.29 is 4.74 Å². The van der Waals surface area contributed by atoms with E-state index in [1.807, 2.05) is 6.07 Å². The van der Waals surface area contributed by atoms with Crippen molar-refractivity contribution in [3.05, 3.63) is 28.2 Å². The Morgan fingerprint density at radius 2 is 1.83 bits per heavy atom. The van der Waals surface area contributed by atoms with Crippen LogP contribution in [0.25, 0.3) is 0 Å². The van der Waals surface area contributed by atoms with E-state index in [1.54, 1.807) is 12.1 Å². The van der Waals surface area contributed by atoms with E-state index < -0.39 is 0 Å². The number of hydrogen-bond donors (Lipinski definition) is 0. The smallest absolute Gasteiger partial charge is 0.120 e. The summed E-state index contributed by atoms with van der Waals surface area (Å²) in [5, 5.41) is 2.11. The van der Waals surface area contributed by atoms with Crippen molar-refractivity contribution in [3.63, 3.8) is 0 Å². The fraction of sp³-hybridized carbons (Fsp3) is 0.571. The Labute approximate surface area is 127 Å². The Bertz CT molecular complexity index is 403. The van der Waals surface area contributed by atoms with Crippen LogP contribution in [-0.2, 0) is 0 Å². The third-order valence-electron chi connectivity index (χ3n) is 3.63. The van der Waals surface area contributed by atoms with Gasteiger partial charge in [-0.05, 0) is 25.0 Å². The van der Waals surface area contributed by atoms with E-state index in [2.05, 4.69) is 15.9 Å². The van der Waals surface area contributed by atoms with Gasteiger partial charge in [0.1, 0.15) is 5.75 Å². The van der Waals surface area contributed by atoms with Gasteiger partial charge in [-0.15, -0.1) is 0 Å². The molecule has 0 heterocycles. The molecule has 1 nitrogen and oxygen atoms in total. The Kier molecular flexibility index (Phi) is 5.23. The van der Waals surface area contributed by atoms with Crippen LogP contribution in [0, 0.1) is 5.41 Å². The van der Waals surface area contributed by atoms with Crippen molar-refractivity contribution in [3.8, 4) is 5.75 Å². The zero-order chi connectivity index (χ0) is 13.0. The highest BCUT2D eigenvalue weighted by molar-refractivity contribution is 9.09. The predicted octanol–water partition coefficient (Wildman–Crippen LogP) is 5.72. The lowest BCUT2D eigenvalue weighted by Gasteiger charge is -2.35. The standard InChI is InChI=1S/C14H17BrCl2O/c15-9-14(6-2-1-3-7-14)10-18-11-4-5-12(16)13(17)8-11/h4-5,8H,1-3,6-7,9-10H2. The van der Waals surface area contributed by atoms with Crippen molar-refractivity contribution in [1.29, 1.82) is 0 Å². The second kappa shape index (κ2) is 6.49. The molecular weight excluding hydrogens is 335 g/mol. The molecule has 4 heteroatoms. The Morgan fingerprint density at radius 3 is 2.44 bits per heavy atom. The van der Waals surface area contributed by atoms with Gasteiger partial charge in [0.25, 0.3) is 0 Å². The summed E-state index contributed by atoms with van der Waals surface area (Å²) in [5.74, 6) is 0.801. The summed E-state index contributed by atoms with van der Waals surface area (Å²) in [6.07, 6.45) is 6.42. The zero-order valence-electron chi connectivity index (χ0n) is 10.2. The van der Waals surface area contributed by atoms with Gasteiger partial charge in [0.05, 0.1) is 16.7 Å². The summed E-state index contributed by atoms with van der Waals surface area (Å²) in [5.41, 5.74) is 0.282. The molecule has 2 rings (SSSR count). The lowest BCUT2D eigenvalue weighted by atomic mass is 9.76. The molecule has 1 saturated carbocycles. The van der Waals surface area contributed by atoms with E-state index in [4.69, 9.17) is 27.9 Å². The summed E-state index contributed by atoms with van der Waals surface area (Å²) >= 11 is 15.5. The van der Waals surface area contributed by atoms with Gasteiger partial charge in [-0.25, -0.2) is 0 Å². The van der Waals surface area contributed by atoms with Gasteiger partial charge in [0.2, 0.25) is 0 Å². The van der Waals surface area contributed by atoms with Crippen LogP contribution in [0.5, 0.6) is 5.75 Å². The molecule has 0 unspecified atom stereocenters. The molecule has 1 aliphatic rings. The molecule has 18 heavy (non-hydrogen) atoms. The van der Waals surface area contributed by atoms with E-state index in [0.29, 0.717) is 10.0 Å². The van der Waals surface area contributed by atoms with Gasteiger partial charge in [0, 0.05) is 16.8 Å². The number of halogens is 3. The fourth-order valence-electron chi connectivity index (χ4n) is 2.42. The minimum Gasteiger partial charge on any atom is -0.493 e. The predicted molar refractivity (Wildman–Crippen MR) is 81.3 cm³/mol. The number of benzene rings is 1. The molecule has 1 aliphatic carbocycles. The monoisotopic (exact) mass is 350 g/mol. The first-order chi connectivity index (χ1) is 8.65. The van der Waals surface area contributed by atoms with E-state index in [0.717, 1.165) is 17.7 Å². The van der Waals surface area contributed by atoms with Crippen LogP contribution in [0.4, 0.5) is 0 Å². The highest BCUT2D eigenvalue weighted by Gasteiger charge is 2.31. The molecule has 0 atom stereocenters. The van der Waals surface area contributed by atoms with Crippen molar-refractivity contribution in [2.45, 2.75) is 32.1 Å². The van der Waals surface area contributed by atoms with Crippen molar-refractivity contribution >= 4 is 39.1 Å². The second-order valence-electron chi connectivity index (χ2n) is 5.06. The number of ether oxygens (including phenoxy) is 1. The summed E-state index contributed by atoms with van der Waals surface area (Å²) in [6, 6.07) is 5.44. The number of hydrogen-bond acceptors (Lipinski definition) is 1. The molecule has 1 fully saturated rings. The first-order valence-electron chi connectivity index (χ1n) is 6.29. The topological polar surface area (TPSA) is 9.23 Å². The molecule has 0 aromatic heterocycles. The molecular formula is C14H17BrCl2O. The molecule has 1 aromatic carbocycles. The quantitative estimate of drug-likeness (QED) is 0.630. The summed E-state index contributed by atoms with van der Waals surface area (Å²) in [6.45, 7) is 0.746. The maximum atomic E-state index is 5.98. The van der Waals surface area contributed by atoms with Crippen LogP contribution in [-0.4, -0.2) is 11.9 Å². The molecule has 0 bridgehead atoms. The number of alkyl halides is 1. The van der Waals surface area contributed by atoms with Crippen molar-refractivity contribution in [2.24, 2.45) is 5.41 Å². The highest BCUT2D eigenvalue weighted by Crippen LogP contribution is 2.38. The molecule has 0 spiro atoms. The molecule has 0 saturated heterocycles. The van der Waals surface area contributed by atoms with Crippen LogP contribution in [0.3, 0.4) is 0 Å². The highest BCUT2D eigenvalue weighted by atomic mass is 79.9. The third kappa shape index (κ3) is 3.55. The van der Waals surface area contributed by atoms with Gasteiger partial charge in [-0.3, -0.25) is 0 Å². The first kappa shape index (κ1) is 14.5. The van der Waals surface area contributed by atoms with Gasteiger partial charge in [0.15, 0.2) is 0 Å². The maximum Gasteiger partial charge on any atom is 0.120 e. The molecule has 100 valence electrons. The minimum atomic E-state index is 0.282. The van der Waals surface area contributed by atoms with Crippen LogP contribution in [0.2, 0.25) is 10.0 Å². The van der Waals surface area contributed by atoms with Gasteiger partial charge in [-0.2, -0.15) is 0 Å². The van der Waals surface area contributed by atoms with Crippen molar-refractivity contribution in [1.82, 2.24) is 0 Å². The van der Waals surface area contributed by atoms with Crippen LogP contribution >= 0.6 is 39.1 Å². The molecule has 0 amide bonds. The van der Waals surface area contributed by atoms with Crippen LogP contribution < -0.4 is 4.74 Å². The van der Waals surface area contributed by atoms with Gasteiger partial charge >= 0.3 is 0 Å². The largest absolute Gasteiger partial charge is 0.493 e. The molecule has 0 aliphatic heterocycles. The van der Waals surface area contributed by atoms with Crippen molar-refractivity contribution in [2.75, 3.05) is 11.9 Å². The van der Waals surface area contributed by atoms with Gasteiger partial charge < -0.3 is 4.74 Å². The fourth-order valence-corrected chi connectivity index (χ4v) is 3.43. The Morgan fingerprint density at radius 1 is 1.11 bits per heavy atom. The third-order valence-corrected chi connectivity index (χ3v) is 5.56. The van der Waals surface area contributed by atoms with Crippen LogP contribution in [0.1, 0.15) is 32.1 Å². The molecule has 1 aromatic rings. The Hall–Kier alpha value is 0.0800.